The molecule has 2 aromatic heterocycles. The van der Waals surface area contributed by atoms with Crippen molar-refractivity contribution in [2.75, 3.05) is 38.6 Å². The molecule has 1 aromatic carbocycles. The maximum Gasteiger partial charge on any atom is 0.278 e. The molecule has 1 fully saturated rings. The molecule has 0 unspecified atom stereocenters. The van der Waals surface area contributed by atoms with Gasteiger partial charge in [-0.3, -0.25) is 14.5 Å². The Balaban J connectivity index is 1.83. The first kappa shape index (κ1) is 24.2. The number of aromatic amines is 1. The fourth-order valence-electron chi connectivity index (χ4n) is 4.41. The number of methoxy groups -OCH3 is 1. The van der Waals surface area contributed by atoms with Gasteiger partial charge < -0.3 is 9.64 Å². The smallest absolute Gasteiger partial charge is 0.278 e. The maximum absolute atomic E-state index is 13.7. The molecule has 3 aromatic rings. The predicted octanol–water partition coefficient (Wildman–Crippen LogP) is 2.70. The van der Waals surface area contributed by atoms with E-state index in [0.29, 0.717) is 29.0 Å². The number of rotatable bonds is 8. The Labute approximate surface area is 199 Å². The van der Waals surface area contributed by atoms with Crippen LogP contribution in [0.1, 0.15) is 43.8 Å². The average Bonchev–Trinajstić information content (AvgIpc) is 3.16. The van der Waals surface area contributed by atoms with Crippen molar-refractivity contribution in [3.8, 4) is 5.75 Å². The summed E-state index contributed by atoms with van der Waals surface area (Å²) < 4.78 is 35.5. The second kappa shape index (κ2) is 9.75. The highest BCUT2D eigenvalue weighted by molar-refractivity contribution is 7.92. The lowest BCUT2D eigenvalue weighted by Crippen LogP contribution is -2.39. The van der Waals surface area contributed by atoms with Crippen LogP contribution in [0.5, 0.6) is 5.75 Å². The number of H-pyrrole nitrogens is 1. The van der Waals surface area contributed by atoms with Gasteiger partial charge in [-0.15, -0.1) is 0 Å². The molecule has 34 heavy (non-hydrogen) atoms. The molecule has 0 spiro atoms. The van der Waals surface area contributed by atoms with Crippen LogP contribution in [0.4, 0.5) is 5.95 Å². The van der Waals surface area contributed by atoms with E-state index in [9.17, 15) is 13.2 Å². The second-order valence-corrected chi connectivity index (χ2v) is 10.8. The molecule has 1 N–H and O–H groups in total. The third-order valence-electron chi connectivity index (χ3n) is 6.25. The zero-order valence-corrected chi connectivity index (χ0v) is 20.9. The van der Waals surface area contributed by atoms with Gasteiger partial charge in [0.2, 0.25) is 5.95 Å². The van der Waals surface area contributed by atoms with Crippen molar-refractivity contribution in [3.63, 3.8) is 0 Å². The van der Waals surface area contributed by atoms with Crippen molar-refractivity contribution in [1.82, 2.24) is 24.6 Å². The van der Waals surface area contributed by atoms with Gasteiger partial charge in [-0.25, -0.2) is 17.7 Å². The summed E-state index contributed by atoms with van der Waals surface area (Å²) in [4.78, 5) is 22.6. The molecular weight excluding hydrogens is 456 g/mol. The molecule has 10 nitrogen and oxygen atoms in total. The zero-order valence-electron chi connectivity index (χ0n) is 20.1. The Morgan fingerprint density at radius 3 is 2.59 bits per heavy atom. The van der Waals surface area contributed by atoms with Crippen LogP contribution in [0, 0.1) is 6.92 Å². The number of nitrogens with one attached hydrogen (secondary N) is 1. The lowest BCUT2D eigenvalue weighted by Gasteiger charge is -2.25. The Morgan fingerprint density at radius 2 is 1.91 bits per heavy atom. The quantitative estimate of drug-likeness (QED) is 0.519. The highest BCUT2D eigenvalue weighted by Crippen LogP contribution is 2.31. The fraction of sp³-hybridized carbons (Fsp3) is 0.522. The van der Waals surface area contributed by atoms with Gasteiger partial charge in [0, 0.05) is 12.6 Å². The number of hydrogen-bond acceptors (Lipinski definition) is 7. The van der Waals surface area contributed by atoms with E-state index in [1.54, 1.807) is 23.7 Å². The normalized spacial score (nSPS) is 15.2. The number of ether oxygens (including phenoxy) is 1. The van der Waals surface area contributed by atoms with E-state index < -0.39 is 10.0 Å². The number of aromatic nitrogens is 4. The molecule has 0 aliphatic heterocycles. The molecule has 184 valence electrons. The van der Waals surface area contributed by atoms with Gasteiger partial charge in [-0.1, -0.05) is 25.3 Å². The third-order valence-corrected chi connectivity index (χ3v) is 8.03. The third kappa shape index (κ3) is 4.67. The molecule has 0 saturated heterocycles. The van der Waals surface area contributed by atoms with Crippen molar-refractivity contribution < 1.29 is 13.2 Å². The minimum Gasteiger partial charge on any atom is -0.497 e. The monoisotopic (exact) mass is 488 g/mol. The minimum atomic E-state index is -4.03. The number of sulfonamides is 1. The van der Waals surface area contributed by atoms with Crippen LogP contribution in [0.25, 0.3) is 11.0 Å². The van der Waals surface area contributed by atoms with E-state index >= 15 is 0 Å². The van der Waals surface area contributed by atoms with Crippen molar-refractivity contribution in [3.05, 3.63) is 40.3 Å². The predicted molar refractivity (Wildman–Crippen MR) is 131 cm³/mol. The van der Waals surface area contributed by atoms with Gasteiger partial charge in [0.05, 0.1) is 30.3 Å². The number of hydrogen-bond donors (Lipinski definition) is 1. The lowest BCUT2D eigenvalue weighted by atomic mass is 9.95. The molecule has 0 bridgehead atoms. The molecule has 11 heteroatoms. The van der Waals surface area contributed by atoms with Crippen molar-refractivity contribution in [1.29, 1.82) is 0 Å². The van der Waals surface area contributed by atoms with Crippen LogP contribution in [-0.4, -0.2) is 67.4 Å². The molecule has 1 aliphatic carbocycles. The lowest BCUT2D eigenvalue weighted by molar-refractivity contribution is 0.336. The summed E-state index contributed by atoms with van der Waals surface area (Å²) >= 11 is 0. The number of benzene rings is 1. The molecule has 0 radical (unpaired) electrons. The standard InChI is InChI=1S/C23H32N6O4S/c1-16-20-21(29(26-16)17-9-6-5-7-10-17)22(30)25-23(24-20)28(14-13-27(2)3)34(31,32)19-12-8-11-18(15-19)33-4/h8,11-12,15,17H,5-7,9-10,13-14H2,1-4H3,(H,24,25,30). The van der Waals surface area contributed by atoms with Gasteiger partial charge in [-0.2, -0.15) is 5.10 Å². The van der Waals surface area contributed by atoms with E-state index in [-0.39, 0.29) is 29.0 Å². The molecule has 1 saturated carbocycles. The van der Waals surface area contributed by atoms with Crippen molar-refractivity contribution >= 4 is 27.0 Å². The number of nitrogens with zero attached hydrogens (tertiary/aromatic N) is 5. The highest BCUT2D eigenvalue weighted by Gasteiger charge is 2.29. The van der Waals surface area contributed by atoms with Gasteiger partial charge in [-0.05, 0) is 46.0 Å². The first-order chi connectivity index (χ1) is 16.2. The Hall–Kier alpha value is -2.92. The number of aryl methyl sites for hydroxylation is 1. The summed E-state index contributed by atoms with van der Waals surface area (Å²) in [6.45, 7) is 2.35. The highest BCUT2D eigenvalue weighted by atomic mass is 32.2. The van der Waals surface area contributed by atoms with E-state index in [1.165, 1.54) is 25.7 Å². The molecule has 1 aliphatic rings. The first-order valence-corrected chi connectivity index (χ1v) is 13.0. The van der Waals surface area contributed by atoms with Crippen LogP contribution in [0.2, 0.25) is 0 Å². The van der Waals surface area contributed by atoms with Crippen LogP contribution in [0.15, 0.2) is 34.0 Å². The average molecular weight is 489 g/mol. The number of anilines is 1. The largest absolute Gasteiger partial charge is 0.497 e. The zero-order chi connectivity index (χ0) is 24.5. The summed E-state index contributed by atoms with van der Waals surface area (Å²) in [6, 6.07) is 6.42. The number of likely N-dealkylation sites (N-methyl/N-ethyl adjacent to an activating group) is 1. The molecular formula is C23H32N6O4S. The van der Waals surface area contributed by atoms with Crippen molar-refractivity contribution in [2.24, 2.45) is 0 Å². The first-order valence-electron chi connectivity index (χ1n) is 11.5. The van der Waals surface area contributed by atoms with Crippen molar-refractivity contribution in [2.45, 2.75) is 50.0 Å². The van der Waals surface area contributed by atoms with Crippen LogP contribution < -0.4 is 14.6 Å². The van der Waals surface area contributed by atoms with Gasteiger partial charge in [0.1, 0.15) is 11.3 Å². The van der Waals surface area contributed by atoms with Crippen LogP contribution in [0.3, 0.4) is 0 Å². The SMILES string of the molecule is COc1cccc(S(=O)(=O)N(CCN(C)C)c2nc3c(C)nn(C4CCCCC4)c3c(=O)[nH]2)c1. The number of fused-ring (bicyclic) bond motifs is 1. The Bertz CT molecular complexity index is 1320. The second-order valence-electron chi connectivity index (χ2n) is 8.97. The topological polar surface area (TPSA) is 113 Å². The van der Waals surface area contributed by atoms with E-state index in [4.69, 9.17) is 4.74 Å². The molecule has 0 amide bonds. The summed E-state index contributed by atoms with van der Waals surface area (Å²) in [5, 5.41) is 4.63. The summed E-state index contributed by atoms with van der Waals surface area (Å²) in [5.74, 6) is 0.406. The fourth-order valence-corrected chi connectivity index (χ4v) is 5.81. The van der Waals surface area contributed by atoms with Crippen LogP contribution >= 0.6 is 0 Å². The Kier molecular flexibility index (Phi) is 6.94. The van der Waals surface area contributed by atoms with Gasteiger partial charge >= 0.3 is 0 Å². The van der Waals surface area contributed by atoms with Gasteiger partial charge in [0.15, 0.2) is 5.52 Å². The van der Waals surface area contributed by atoms with E-state index in [2.05, 4.69) is 15.1 Å². The summed E-state index contributed by atoms with van der Waals surface area (Å²) in [6.07, 6.45) is 5.33. The maximum atomic E-state index is 13.7. The minimum absolute atomic E-state index is 0.0199. The summed E-state index contributed by atoms with van der Waals surface area (Å²) in [5.41, 5.74) is 1.06. The molecule has 2 heterocycles. The molecule has 4 rings (SSSR count). The van der Waals surface area contributed by atoms with E-state index in [0.717, 1.165) is 30.0 Å². The van der Waals surface area contributed by atoms with Gasteiger partial charge in [0.25, 0.3) is 15.6 Å². The Morgan fingerprint density at radius 1 is 1.18 bits per heavy atom. The molecule has 0 atom stereocenters. The summed E-state index contributed by atoms with van der Waals surface area (Å²) in [7, 11) is 1.16. The van der Waals surface area contributed by atoms with Crippen LogP contribution in [-0.2, 0) is 10.0 Å². The van der Waals surface area contributed by atoms with E-state index in [1.807, 2.05) is 19.0 Å².